The fourth-order valence-corrected chi connectivity index (χ4v) is 4.12. The summed E-state index contributed by atoms with van der Waals surface area (Å²) in [5, 5.41) is 6.82. The normalized spacial score (nSPS) is 37.8. The van der Waals surface area contributed by atoms with Gasteiger partial charge in [-0.3, -0.25) is 0 Å². The number of nitrogens with one attached hydrogen (secondary N) is 2. The quantitative estimate of drug-likeness (QED) is 0.820. The smallest absolute Gasteiger partial charge is 0.407 e. The summed E-state index contributed by atoms with van der Waals surface area (Å²) in [5.41, 5.74) is -0.464. The summed E-state index contributed by atoms with van der Waals surface area (Å²) >= 11 is 0. The van der Waals surface area contributed by atoms with Gasteiger partial charge < -0.3 is 25.0 Å². The van der Waals surface area contributed by atoms with E-state index in [4.69, 9.17) is 9.47 Å². The Bertz CT molecular complexity index is 437. The summed E-state index contributed by atoms with van der Waals surface area (Å²) in [6.07, 6.45) is 3.35. The van der Waals surface area contributed by atoms with Crippen molar-refractivity contribution in [3.05, 3.63) is 0 Å². The van der Waals surface area contributed by atoms with Gasteiger partial charge >= 0.3 is 6.09 Å². The summed E-state index contributed by atoms with van der Waals surface area (Å²) in [6.45, 7) is 8.70. The molecule has 23 heavy (non-hydrogen) atoms. The monoisotopic (exact) mass is 325 g/mol. The number of alkyl carbamates (subject to hydrolysis) is 1. The fourth-order valence-electron chi connectivity index (χ4n) is 4.12. The number of piperidine rings is 1. The van der Waals surface area contributed by atoms with Crippen LogP contribution in [0, 0.1) is 5.92 Å². The van der Waals surface area contributed by atoms with Gasteiger partial charge in [0.1, 0.15) is 5.60 Å². The molecule has 5 atom stereocenters. The number of carbonyl (C=O) groups excluding carboxylic acids is 1. The topological polar surface area (TPSA) is 62.8 Å². The maximum absolute atomic E-state index is 12.1. The van der Waals surface area contributed by atoms with Crippen LogP contribution in [0.5, 0.6) is 0 Å². The lowest BCUT2D eigenvalue weighted by Crippen LogP contribution is -2.72. The van der Waals surface area contributed by atoms with E-state index in [1.807, 2.05) is 20.8 Å². The van der Waals surface area contributed by atoms with Crippen molar-refractivity contribution >= 4 is 6.09 Å². The van der Waals surface area contributed by atoms with Gasteiger partial charge in [-0.15, -0.1) is 0 Å². The molecule has 6 heteroatoms. The van der Waals surface area contributed by atoms with Crippen molar-refractivity contribution in [2.45, 2.75) is 69.9 Å². The molecule has 2 heterocycles. The van der Waals surface area contributed by atoms with Gasteiger partial charge in [-0.1, -0.05) is 0 Å². The molecule has 3 rings (SSSR count). The van der Waals surface area contributed by atoms with Crippen LogP contribution in [0.15, 0.2) is 0 Å². The van der Waals surface area contributed by atoms with Crippen LogP contribution >= 0.6 is 0 Å². The average Bonchev–Trinajstić information content (AvgIpc) is 2.85. The second-order valence-electron chi connectivity index (χ2n) is 8.25. The molecule has 0 bridgehead atoms. The molecule has 0 aromatic carbocycles. The average molecular weight is 325 g/mol. The highest BCUT2D eigenvalue weighted by atomic mass is 16.6. The predicted molar refractivity (Wildman–Crippen MR) is 88.4 cm³/mol. The number of amides is 1. The van der Waals surface area contributed by atoms with Gasteiger partial charge in [0.25, 0.3) is 0 Å². The molecule has 3 aliphatic rings. The van der Waals surface area contributed by atoms with E-state index >= 15 is 0 Å². The number of likely N-dealkylation sites (N-methyl/N-ethyl adjacent to an activating group) is 1. The van der Waals surface area contributed by atoms with Crippen LogP contribution in [0.2, 0.25) is 0 Å². The molecular weight excluding hydrogens is 294 g/mol. The number of carbonyl (C=O) groups is 1. The highest BCUT2D eigenvalue weighted by molar-refractivity contribution is 5.68. The van der Waals surface area contributed by atoms with Gasteiger partial charge in [0, 0.05) is 25.1 Å². The van der Waals surface area contributed by atoms with Gasteiger partial charge in [0.15, 0.2) is 0 Å². The van der Waals surface area contributed by atoms with Crippen molar-refractivity contribution in [3.8, 4) is 0 Å². The van der Waals surface area contributed by atoms with Crippen LogP contribution in [0.3, 0.4) is 0 Å². The molecule has 6 nitrogen and oxygen atoms in total. The molecule has 2 N–H and O–H groups in total. The Labute approximate surface area is 139 Å². The third kappa shape index (κ3) is 3.98. The number of rotatable bonds is 3. The standard InChI is InChI=1S/C17H31N3O3/c1-17(2,3)23-16(21)19-13-12-7-9-22-15(12)14(13)18-11-6-5-8-20(4)10-11/h11-15,18H,5-10H2,1-4H3,(H,19,21). The Morgan fingerprint density at radius 2 is 2.04 bits per heavy atom. The Morgan fingerprint density at radius 1 is 1.26 bits per heavy atom. The van der Waals surface area contributed by atoms with Crippen molar-refractivity contribution in [1.29, 1.82) is 0 Å². The van der Waals surface area contributed by atoms with Crippen LogP contribution in [0.1, 0.15) is 40.0 Å². The van der Waals surface area contributed by atoms with E-state index < -0.39 is 5.60 Å². The molecule has 132 valence electrons. The van der Waals surface area contributed by atoms with Crippen molar-refractivity contribution in [1.82, 2.24) is 15.5 Å². The molecule has 0 aromatic heterocycles. The van der Waals surface area contributed by atoms with Crippen LogP contribution in [0.25, 0.3) is 0 Å². The van der Waals surface area contributed by atoms with Crippen LogP contribution < -0.4 is 10.6 Å². The van der Waals surface area contributed by atoms with E-state index in [1.54, 1.807) is 0 Å². The lowest BCUT2D eigenvalue weighted by molar-refractivity contribution is -0.0402. The molecule has 1 amide bonds. The molecule has 5 unspecified atom stereocenters. The van der Waals surface area contributed by atoms with Crippen molar-refractivity contribution < 1.29 is 14.3 Å². The summed E-state index contributed by atoms with van der Waals surface area (Å²) in [5.74, 6) is 0.418. The number of nitrogens with zero attached hydrogens (tertiary/aromatic N) is 1. The fraction of sp³-hybridized carbons (Fsp3) is 0.941. The SMILES string of the molecule is CN1CCCC(NC2C(NC(=O)OC(C)(C)C)C3CCOC32)C1. The minimum absolute atomic E-state index is 0.115. The lowest BCUT2D eigenvalue weighted by atomic mass is 9.71. The van der Waals surface area contributed by atoms with E-state index in [9.17, 15) is 4.79 Å². The number of fused-ring (bicyclic) bond motifs is 1. The molecule has 2 saturated heterocycles. The number of likely N-dealkylation sites (tertiary alicyclic amines) is 1. The summed E-state index contributed by atoms with van der Waals surface area (Å²) in [7, 11) is 2.17. The molecule has 1 aliphatic carbocycles. The summed E-state index contributed by atoms with van der Waals surface area (Å²) in [4.78, 5) is 14.5. The summed E-state index contributed by atoms with van der Waals surface area (Å²) in [6, 6.07) is 0.794. The van der Waals surface area contributed by atoms with E-state index in [-0.39, 0.29) is 24.3 Å². The zero-order valence-corrected chi connectivity index (χ0v) is 14.8. The lowest BCUT2D eigenvalue weighted by Gasteiger charge is -2.50. The van der Waals surface area contributed by atoms with Gasteiger partial charge in [0.05, 0.1) is 18.2 Å². The van der Waals surface area contributed by atoms with Crippen LogP contribution in [-0.4, -0.2) is 67.6 Å². The van der Waals surface area contributed by atoms with Gasteiger partial charge in [0.2, 0.25) is 0 Å². The Morgan fingerprint density at radius 3 is 2.74 bits per heavy atom. The van der Waals surface area contributed by atoms with E-state index in [1.165, 1.54) is 19.4 Å². The number of hydrogen-bond acceptors (Lipinski definition) is 5. The van der Waals surface area contributed by atoms with Gasteiger partial charge in [-0.05, 0) is 53.6 Å². The Balaban J connectivity index is 1.57. The highest BCUT2D eigenvalue weighted by Gasteiger charge is 2.55. The zero-order chi connectivity index (χ0) is 16.6. The molecular formula is C17H31N3O3. The maximum atomic E-state index is 12.1. The minimum Gasteiger partial charge on any atom is -0.444 e. The van der Waals surface area contributed by atoms with Gasteiger partial charge in [-0.2, -0.15) is 0 Å². The molecule has 1 saturated carbocycles. The van der Waals surface area contributed by atoms with Crippen LogP contribution in [0.4, 0.5) is 4.79 Å². The third-order valence-corrected chi connectivity index (χ3v) is 5.12. The second kappa shape index (κ2) is 6.57. The molecule has 0 aromatic rings. The largest absolute Gasteiger partial charge is 0.444 e. The van der Waals surface area contributed by atoms with Crippen molar-refractivity contribution in [2.75, 3.05) is 26.7 Å². The van der Waals surface area contributed by atoms with E-state index in [0.717, 1.165) is 19.6 Å². The van der Waals surface area contributed by atoms with Crippen molar-refractivity contribution in [3.63, 3.8) is 0 Å². The van der Waals surface area contributed by atoms with E-state index in [0.29, 0.717) is 12.0 Å². The predicted octanol–water partition coefficient (Wildman–Crippen LogP) is 1.35. The van der Waals surface area contributed by atoms with Crippen molar-refractivity contribution in [2.24, 2.45) is 5.92 Å². The highest BCUT2D eigenvalue weighted by Crippen LogP contribution is 2.39. The minimum atomic E-state index is -0.464. The Hall–Kier alpha value is -0.850. The van der Waals surface area contributed by atoms with Gasteiger partial charge in [-0.25, -0.2) is 4.79 Å². The number of hydrogen-bond donors (Lipinski definition) is 2. The molecule has 0 spiro atoms. The first-order valence-electron chi connectivity index (χ1n) is 8.89. The first-order chi connectivity index (χ1) is 10.8. The van der Waals surface area contributed by atoms with E-state index in [2.05, 4.69) is 22.6 Å². The first-order valence-corrected chi connectivity index (χ1v) is 8.89. The molecule has 0 radical (unpaired) electrons. The zero-order valence-electron chi connectivity index (χ0n) is 14.8. The number of ether oxygens (including phenoxy) is 2. The van der Waals surface area contributed by atoms with Crippen LogP contribution in [-0.2, 0) is 9.47 Å². The first kappa shape index (κ1) is 17.0. The maximum Gasteiger partial charge on any atom is 0.407 e. The second-order valence-corrected chi connectivity index (χ2v) is 8.25. The summed E-state index contributed by atoms with van der Waals surface area (Å²) < 4.78 is 11.3. The third-order valence-electron chi connectivity index (χ3n) is 5.12. The molecule has 2 aliphatic heterocycles. The Kier molecular flexibility index (Phi) is 4.85. The molecule has 3 fully saturated rings.